The summed E-state index contributed by atoms with van der Waals surface area (Å²) >= 11 is 5.95. The van der Waals surface area contributed by atoms with E-state index in [1.54, 1.807) is 24.3 Å². The van der Waals surface area contributed by atoms with Crippen LogP contribution in [0.2, 0.25) is 5.02 Å². The molecule has 1 aliphatic heterocycles. The predicted octanol–water partition coefficient (Wildman–Crippen LogP) is 4.46. The monoisotopic (exact) mass is 345 g/mol. The van der Waals surface area contributed by atoms with Crippen molar-refractivity contribution in [1.82, 2.24) is 0 Å². The van der Waals surface area contributed by atoms with Gasteiger partial charge in [-0.25, -0.2) is 0 Å². The van der Waals surface area contributed by atoms with Gasteiger partial charge in [-0.2, -0.15) is 0 Å². The number of benzene rings is 2. The van der Waals surface area contributed by atoms with Gasteiger partial charge in [-0.05, 0) is 55.7 Å². The Kier molecular flexibility index (Phi) is 5.38. The first-order valence-corrected chi connectivity index (χ1v) is 8.42. The van der Waals surface area contributed by atoms with Crippen molar-refractivity contribution in [3.8, 4) is 5.75 Å². The van der Waals surface area contributed by atoms with Crippen LogP contribution < -0.4 is 10.1 Å². The zero-order chi connectivity index (χ0) is 16.9. The lowest BCUT2D eigenvalue weighted by Gasteiger charge is -2.15. The van der Waals surface area contributed by atoms with Crippen molar-refractivity contribution >= 4 is 23.2 Å². The number of hydrogen-bond acceptors (Lipinski definition) is 3. The summed E-state index contributed by atoms with van der Waals surface area (Å²) in [5.74, 6) is 0.362. The van der Waals surface area contributed by atoms with E-state index in [4.69, 9.17) is 21.1 Å². The molecule has 1 atom stereocenters. The van der Waals surface area contributed by atoms with Crippen LogP contribution >= 0.6 is 11.6 Å². The van der Waals surface area contributed by atoms with Crippen LogP contribution in [0.5, 0.6) is 5.75 Å². The topological polar surface area (TPSA) is 47.6 Å². The number of rotatable bonds is 5. The highest BCUT2D eigenvalue weighted by Gasteiger charge is 2.18. The summed E-state index contributed by atoms with van der Waals surface area (Å²) in [6.45, 7) is 3.15. The van der Waals surface area contributed by atoms with Gasteiger partial charge in [0, 0.05) is 17.3 Å². The summed E-state index contributed by atoms with van der Waals surface area (Å²) < 4.78 is 11.4. The molecule has 0 saturated carbocycles. The fraction of sp³-hybridized carbons (Fsp3) is 0.316. The smallest absolute Gasteiger partial charge is 0.259 e. The molecule has 1 saturated heterocycles. The van der Waals surface area contributed by atoms with Crippen molar-refractivity contribution in [3.05, 3.63) is 58.6 Å². The van der Waals surface area contributed by atoms with Gasteiger partial charge in [0.1, 0.15) is 12.4 Å². The minimum Gasteiger partial charge on any atom is -0.490 e. The third-order valence-corrected chi connectivity index (χ3v) is 4.25. The highest BCUT2D eigenvalue weighted by Crippen LogP contribution is 2.24. The lowest BCUT2D eigenvalue weighted by molar-refractivity contribution is 0.0673. The molecule has 24 heavy (non-hydrogen) atoms. The van der Waals surface area contributed by atoms with Crippen LogP contribution in [0.3, 0.4) is 0 Å². The molecule has 5 heteroatoms. The number of para-hydroxylation sites is 1. The van der Waals surface area contributed by atoms with Gasteiger partial charge in [0.2, 0.25) is 0 Å². The second kappa shape index (κ2) is 7.69. The second-order valence-corrected chi connectivity index (χ2v) is 6.29. The molecule has 4 nitrogen and oxygen atoms in total. The van der Waals surface area contributed by atoms with Crippen molar-refractivity contribution in [2.75, 3.05) is 18.5 Å². The van der Waals surface area contributed by atoms with Gasteiger partial charge in [0.25, 0.3) is 5.91 Å². The molecule has 0 aromatic heterocycles. The zero-order valence-electron chi connectivity index (χ0n) is 13.5. The van der Waals surface area contributed by atoms with Crippen LogP contribution in [-0.4, -0.2) is 25.2 Å². The average molecular weight is 346 g/mol. The minimum absolute atomic E-state index is 0.111. The van der Waals surface area contributed by atoms with E-state index in [2.05, 4.69) is 5.32 Å². The maximum Gasteiger partial charge on any atom is 0.259 e. The molecule has 1 heterocycles. The summed E-state index contributed by atoms with van der Waals surface area (Å²) in [7, 11) is 0. The normalized spacial score (nSPS) is 16.8. The lowest BCUT2D eigenvalue weighted by Crippen LogP contribution is -2.19. The quantitative estimate of drug-likeness (QED) is 0.870. The first-order chi connectivity index (χ1) is 11.6. The molecule has 2 aromatic carbocycles. The maximum absolute atomic E-state index is 12.6. The maximum atomic E-state index is 12.6. The Morgan fingerprint density at radius 3 is 2.92 bits per heavy atom. The Bertz CT molecular complexity index is 726. The fourth-order valence-corrected chi connectivity index (χ4v) is 2.92. The van der Waals surface area contributed by atoms with E-state index in [1.807, 2.05) is 25.1 Å². The number of carbonyl (C=O) groups is 1. The van der Waals surface area contributed by atoms with Gasteiger partial charge in [0.15, 0.2) is 0 Å². The Labute approximate surface area is 146 Å². The fourth-order valence-electron chi connectivity index (χ4n) is 2.70. The van der Waals surface area contributed by atoms with Gasteiger partial charge in [-0.1, -0.05) is 23.7 Å². The Morgan fingerprint density at radius 2 is 2.17 bits per heavy atom. The van der Waals surface area contributed by atoms with E-state index < -0.39 is 0 Å². The number of ether oxygens (including phenoxy) is 2. The molecule has 0 unspecified atom stereocenters. The highest BCUT2D eigenvalue weighted by molar-refractivity contribution is 6.30. The first kappa shape index (κ1) is 16.8. The second-order valence-electron chi connectivity index (χ2n) is 5.86. The molecule has 1 fully saturated rings. The van der Waals surface area contributed by atoms with Crippen LogP contribution in [0.15, 0.2) is 42.5 Å². The molecule has 126 valence electrons. The van der Waals surface area contributed by atoms with Crippen molar-refractivity contribution in [2.24, 2.45) is 0 Å². The van der Waals surface area contributed by atoms with E-state index in [0.717, 1.165) is 30.7 Å². The van der Waals surface area contributed by atoms with E-state index >= 15 is 0 Å². The summed E-state index contributed by atoms with van der Waals surface area (Å²) in [5.41, 5.74) is 2.15. The van der Waals surface area contributed by atoms with Crippen molar-refractivity contribution in [3.63, 3.8) is 0 Å². The number of hydrogen-bond donors (Lipinski definition) is 1. The van der Waals surface area contributed by atoms with Gasteiger partial charge in [-0.15, -0.1) is 0 Å². The van der Waals surface area contributed by atoms with Crippen molar-refractivity contribution in [1.29, 1.82) is 0 Å². The van der Waals surface area contributed by atoms with Gasteiger partial charge >= 0.3 is 0 Å². The third kappa shape index (κ3) is 4.08. The molecular formula is C19H20ClNO3. The van der Waals surface area contributed by atoms with Gasteiger partial charge < -0.3 is 14.8 Å². The van der Waals surface area contributed by atoms with Crippen LogP contribution in [-0.2, 0) is 4.74 Å². The minimum atomic E-state index is -0.205. The Hall–Kier alpha value is -2.04. The summed E-state index contributed by atoms with van der Waals surface area (Å²) in [5, 5.41) is 3.56. The first-order valence-electron chi connectivity index (χ1n) is 8.04. The van der Waals surface area contributed by atoms with E-state index in [1.165, 1.54) is 0 Å². The Balaban J connectivity index is 1.72. The lowest BCUT2D eigenvalue weighted by atomic mass is 10.1. The average Bonchev–Trinajstić information content (AvgIpc) is 3.09. The molecule has 0 bridgehead atoms. The van der Waals surface area contributed by atoms with Crippen LogP contribution in [0.1, 0.15) is 28.8 Å². The third-order valence-electron chi connectivity index (χ3n) is 4.02. The number of nitrogens with one attached hydrogen (secondary N) is 1. The molecule has 1 aliphatic rings. The highest BCUT2D eigenvalue weighted by atomic mass is 35.5. The van der Waals surface area contributed by atoms with Crippen LogP contribution in [0.25, 0.3) is 0 Å². The number of amides is 1. The van der Waals surface area contributed by atoms with Crippen LogP contribution in [0.4, 0.5) is 5.69 Å². The number of aryl methyl sites for hydroxylation is 1. The summed E-state index contributed by atoms with van der Waals surface area (Å²) in [6, 6.07) is 12.6. The largest absolute Gasteiger partial charge is 0.490 e. The molecule has 1 amide bonds. The van der Waals surface area contributed by atoms with E-state index in [-0.39, 0.29) is 12.0 Å². The van der Waals surface area contributed by atoms with Gasteiger partial charge in [0.05, 0.1) is 11.7 Å². The molecule has 3 rings (SSSR count). The molecule has 0 spiro atoms. The predicted molar refractivity (Wildman–Crippen MR) is 95.1 cm³/mol. The zero-order valence-corrected chi connectivity index (χ0v) is 14.3. The standard InChI is InChI=1S/C19H20ClNO3/c1-13-11-14(20)8-9-17(13)21-19(22)16-6-2-3-7-18(16)24-12-15-5-4-10-23-15/h2-3,6-9,11,15H,4-5,10,12H2,1H3,(H,21,22)/t15-/m1/s1. The SMILES string of the molecule is Cc1cc(Cl)ccc1NC(=O)c1ccccc1OC[C@H]1CCCO1. The molecule has 2 aromatic rings. The number of halogens is 1. The van der Waals surface area contributed by atoms with Crippen molar-refractivity contribution in [2.45, 2.75) is 25.9 Å². The van der Waals surface area contributed by atoms with Crippen molar-refractivity contribution < 1.29 is 14.3 Å². The van der Waals surface area contributed by atoms with E-state index in [0.29, 0.717) is 22.9 Å². The summed E-state index contributed by atoms with van der Waals surface area (Å²) in [6.07, 6.45) is 2.17. The molecule has 1 N–H and O–H groups in total. The molecular weight excluding hydrogens is 326 g/mol. The number of anilines is 1. The molecule has 0 radical (unpaired) electrons. The van der Waals surface area contributed by atoms with Crippen LogP contribution in [0, 0.1) is 6.92 Å². The van der Waals surface area contributed by atoms with Gasteiger partial charge in [-0.3, -0.25) is 4.79 Å². The molecule has 0 aliphatic carbocycles. The summed E-state index contributed by atoms with van der Waals surface area (Å²) in [4.78, 5) is 12.6. The van der Waals surface area contributed by atoms with E-state index in [9.17, 15) is 4.79 Å². The Morgan fingerprint density at radius 1 is 1.33 bits per heavy atom. The number of carbonyl (C=O) groups excluding carboxylic acids is 1.